The summed E-state index contributed by atoms with van der Waals surface area (Å²) in [6.07, 6.45) is 2.21. The molecular formula is C20H32O7. The number of carboxylic acids is 3. The van der Waals surface area contributed by atoms with Crippen LogP contribution in [-0.2, 0) is 14.4 Å². The Labute approximate surface area is 159 Å². The van der Waals surface area contributed by atoms with Gasteiger partial charge in [0.25, 0.3) is 0 Å². The van der Waals surface area contributed by atoms with Gasteiger partial charge >= 0.3 is 17.9 Å². The highest BCUT2D eigenvalue weighted by atomic mass is 16.4. The van der Waals surface area contributed by atoms with Gasteiger partial charge in [-0.25, -0.2) is 0 Å². The van der Waals surface area contributed by atoms with Crippen LogP contribution in [0.2, 0.25) is 0 Å². The van der Waals surface area contributed by atoms with Crippen LogP contribution in [0.15, 0.2) is 0 Å². The molecule has 0 heterocycles. The molecule has 7 nitrogen and oxygen atoms in total. The second-order valence-corrected chi connectivity index (χ2v) is 8.84. The van der Waals surface area contributed by atoms with Crippen LogP contribution in [0.25, 0.3) is 0 Å². The van der Waals surface area contributed by atoms with E-state index in [4.69, 9.17) is 0 Å². The molecule has 4 N–H and O–H groups in total. The first kappa shape index (κ1) is 21.7. The Balaban J connectivity index is 2.27. The molecule has 2 aliphatic rings. The molecule has 8 unspecified atom stereocenters. The van der Waals surface area contributed by atoms with Crippen molar-refractivity contribution in [3.05, 3.63) is 0 Å². The monoisotopic (exact) mass is 384 g/mol. The maximum Gasteiger partial charge on any atom is 0.309 e. The van der Waals surface area contributed by atoms with Crippen LogP contribution < -0.4 is 0 Å². The maximum atomic E-state index is 12.1. The van der Waals surface area contributed by atoms with Crippen molar-refractivity contribution < 1.29 is 34.8 Å². The quantitative estimate of drug-likeness (QED) is 0.455. The molecule has 8 atom stereocenters. The van der Waals surface area contributed by atoms with E-state index in [2.05, 4.69) is 0 Å². The summed E-state index contributed by atoms with van der Waals surface area (Å²) < 4.78 is 0. The first-order valence-electron chi connectivity index (χ1n) is 9.87. The fraction of sp³-hybridized carbons (Fsp3) is 0.850. The summed E-state index contributed by atoms with van der Waals surface area (Å²) in [4.78, 5) is 35.7. The van der Waals surface area contributed by atoms with Crippen molar-refractivity contribution in [1.82, 2.24) is 0 Å². The lowest BCUT2D eigenvalue weighted by Crippen LogP contribution is -2.43. The van der Waals surface area contributed by atoms with E-state index in [1.807, 2.05) is 6.92 Å². The summed E-state index contributed by atoms with van der Waals surface area (Å²) in [6.45, 7) is 5.31. The Morgan fingerprint density at radius 3 is 2.15 bits per heavy atom. The van der Waals surface area contributed by atoms with Gasteiger partial charge in [-0.05, 0) is 68.6 Å². The lowest BCUT2D eigenvalue weighted by atomic mass is 9.64. The third kappa shape index (κ3) is 3.98. The van der Waals surface area contributed by atoms with Crippen molar-refractivity contribution in [1.29, 1.82) is 0 Å². The molecule has 2 rings (SSSR count). The van der Waals surface area contributed by atoms with E-state index in [1.165, 1.54) is 0 Å². The van der Waals surface area contributed by atoms with Gasteiger partial charge in [-0.2, -0.15) is 0 Å². The van der Waals surface area contributed by atoms with Crippen LogP contribution >= 0.6 is 0 Å². The lowest BCUT2D eigenvalue weighted by Gasteiger charge is -2.39. The Bertz CT molecular complexity index is 589. The molecule has 0 aliphatic heterocycles. The molecule has 27 heavy (non-hydrogen) atoms. The number of aliphatic carboxylic acids is 3. The normalized spacial score (nSPS) is 34.0. The number of aliphatic hydroxyl groups excluding tert-OH is 1. The Morgan fingerprint density at radius 2 is 1.74 bits per heavy atom. The lowest BCUT2D eigenvalue weighted by molar-refractivity contribution is -0.160. The number of rotatable bonds is 10. The van der Waals surface area contributed by atoms with Gasteiger partial charge in [0, 0.05) is 6.61 Å². The SMILES string of the molecule is CCC(C)(CCC(C(=O)O)C(C(=O)O)C1C(C)C2CC(CO)C1C2)C(=O)O. The van der Waals surface area contributed by atoms with Gasteiger partial charge in [0.15, 0.2) is 0 Å². The third-order valence-corrected chi connectivity index (χ3v) is 7.62. The Hall–Kier alpha value is -1.63. The van der Waals surface area contributed by atoms with Gasteiger partial charge in [0.2, 0.25) is 0 Å². The molecule has 0 radical (unpaired) electrons. The number of carboxylic acid groups (broad SMARTS) is 3. The Morgan fingerprint density at radius 1 is 1.11 bits per heavy atom. The molecule has 0 spiro atoms. The van der Waals surface area contributed by atoms with Gasteiger partial charge in [0.1, 0.15) is 0 Å². The van der Waals surface area contributed by atoms with Crippen LogP contribution in [0.3, 0.4) is 0 Å². The second kappa shape index (κ2) is 8.17. The summed E-state index contributed by atoms with van der Waals surface area (Å²) in [6, 6.07) is 0. The molecule has 154 valence electrons. The molecule has 0 saturated heterocycles. The average Bonchev–Trinajstić information content (AvgIpc) is 3.15. The predicted molar refractivity (Wildman–Crippen MR) is 97.0 cm³/mol. The zero-order chi connectivity index (χ0) is 20.5. The van der Waals surface area contributed by atoms with Gasteiger partial charge < -0.3 is 20.4 Å². The number of fused-ring (bicyclic) bond motifs is 2. The maximum absolute atomic E-state index is 12.1. The highest BCUT2D eigenvalue weighted by molar-refractivity contribution is 5.80. The van der Waals surface area contributed by atoms with Crippen LogP contribution in [-0.4, -0.2) is 44.9 Å². The minimum absolute atomic E-state index is 0.00137. The first-order chi connectivity index (χ1) is 12.6. The van der Waals surface area contributed by atoms with E-state index in [9.17, 15) is 34.8 Å². The van der Waals surface area contributed by atoms with Crippen LogP contribution in [0, 0.1) is 46.8 Å². The van der Waals surface area contributed by atoms with E-state index in [-0.39, 0.29) is 43.1 Å². The molecule has 0 amide bonds. The summed E-state index contributed by atoms with van der Waals surface area (Å²) in [5.74, 6) is -5.30. The van der Waals surface area contributed by atoms with Crippen LogP contribution in [0.1, 0.15) is 52.9 Å². The zero-order valence-electron chi connectivity index (χ0n) is 16.3. The highest BCUT2D eigenvalue weighted by Crippen LogP contribution is 2.58. The minimum Gasteiger partial charge on any atom is -0.481 e. The molecule has 0 aromatic rings. The van der Waals surface area contributed by atoms with Gasteiger partial charge in [-0.3, -0.25) is 14.4 Å². The van der Waals surface area contributed by atoms with E-state index < -0.39 is 35.2 Å². The van der Waals surface area contributed by atoms with Crippen molar-refractivity contribution in [2.45, 2.75) is 52.9 Å². The largest absolute Gasteiger partial charge is 0.481 e. The van der Waals surface area contributed by atoms with Crippen molar-refractivity contribution in [2.75, 3.05) is 6.61 Å². The zero-order valence-corrected chi connectivity index (χ0v) is 16.3. The molecule has 2 saturated carbocycles. The van der Waals surface area contributed by atoms with Crippen LogP contribution in [0.4, 0.5) is 0 Å². The first-order valence-corrected chi connectivity index (χ1v) is 9.87. The van der Waals surface area contributed by atoms with E-state index >= 15 is 0 Å². The molecule has 7 heteroatoms. The summed E-state index contributed by atoms with van der Waals surface area (Å²) in [7, 11) is 0. The topological polar surface area (TPSA) is 132 Å². The minimum atomic E-state index is -1.18. The molecule has 2 bridgehead atoms. The highest BCUT2D eigenvalue weighted by Gasteiger charge is 2.56. The second-order valence-electron chi connectivity index (χ2n) is 8.84. The molecule has 2 fully saturated rings. The average molecular weight is 384 g/mol. The van der Waals surface area contributed by atoms with Gasteiger partial charge in [-0.15, -0.1) is 0 Å². The molecular weight excluding hydrogens is 352 g/mol. The number of hydrogen-bond donors (Lipinski definition) is 4. The van der Waals surface area contributed by atoms with Gasteiger partial charge in [0.05, 0.1) is 17.3 Å². The van der Waals surface area contributed by atoms with Crippen molar-refractivity contribution in [3.63, 3.8) is 0 Å². The smallest absolute Gasteiger partial charge is 0.309 e. The fourth-order valence-electron chi connectivity index (χ4n) is 5.58. The van der Waals surface area contributed by atoms with E-state index in [0.717, 1.165) is 12.8 Å². The number of hydrogen-bond acceptors (Lipinski definition) is 4. The van der Waals surface area contributed by atoms with E-state index in [0.29, 0.717) is 12.3 Å². The summed E-state index contributed by atoms with van der Waals surface area (Å²) in [5, 5.41) is 38.8. The third-order valence-electron chi connectivity index (χ3n) is 7.62. The predicted octanol–water partition coefficient (Wildman–Crippen LogP) is 2.57. The molecule has 2 aliphatic carbocycles. The summed E-state index contributed by atoms with van der Waals surface area (Å²) in [5.41, 5.74) is -1.06. The molecule has 0 aromatic carbocycles. The van der Waals surface area contributed by atoms with Gasteiger partial charge in [-0.1, -0.05) is 13.8 Å². The van der Waals surface area contributed by atoms with Crippen molar-refractivity contribution in [3.8, 4) is 0 Å². The Kier molecular flexibility index (Phi) is 6.55. The van der Waals surface area contributed by atoms with Crippen LogP contribution in [0.5, 0.6) is 0 Å². The fourth-order valence-corrected chi connectivity index (χ4v) is 5.58. The standard InChI is InChI=1S/C20H32O7/c1-4-20(3,19(26)27)6-5-13(17(22)23)16(18(24)25)15-10(2)11-7-12(9-21)14(15)8-11/h10-16,21H,4-9H2,1-3H3,(H,22,23)(H,24,25)(H,26,27). The number of aliphatic hydroxyl groups is 1. The summed E-state index contributed by atoms with van der Waals surface area (Å²) >= 11 is 0. The van der Waals surface area contributed by atoms with Crippen molar-refractivity contribution >= 4 is 17.9 Å². The molecule has 0 aromatic heterocycles. The van der Waals surface area contributed by atoms with E-state index in [1.54, 1.807) is 13.8 Å². The number of carbonyl (C=O) groups is 3. The van der Waals surface area contributed by atoms with Crippen molar-refractivity contribution in [2.24, 2.45) is 46.8 Å².